The smallest absolute Gasteiger partial charge is 0.0441 e. The predicted molar refractivity (Wildman–Crippen MR) is 67.9 cm³/mol. The molecule has 1 heterocycles. The van der Waals surface area contributed by atoms with E-state index in [1.54, 1.807) is 0 Å². The lowest BCUT2D eigenvalue weighted by Gasteiger charge is -2.25. The van der Waals surface area contributed by atoms with Gasteiger partial charge in [0.05, 0.1) is 0 Å². The zero-order chi connectivity index (χ0) is 10.3. The molecule has 1 aromatic carbocycles. The number of halogens is 2. The van der Waals surface area contributed by atoms with E-state index in [0.717, 1.165) is 5.02 Å². The Balaban J connectivity index is 2.67. The molecule has 0 radical (unpaired) electrons. The molecule has 0 bridgehead atoms. The van der Waals surface area contributed by atoms with Crippen molar-refractivity contribution in [2.45, 2.75) is 30.0 Å². The Bertz CT molecular complexity index is 376. The lowest BCUT2D eigenvalue weighted by molar-refractivity contribution is 0.863. The van der Waals surface area contributed by atoms with E-state index >= 15 is 0 Å². The SMILES string of the molecule is Cc1cc(Cl)c(C)c2c1SCCC2Br. The third kappa shape index (κ3) is 1.72. The van der Waals surface area contributed by atoms with E-state index in [1.807, 2.05) is 11.8 Å². The number of rotatable bonds is 0. The fraction of sp³-hybridized carbons (Fsp3) is 0.455. The van der Waals surface area contributed by atoms with Gasteiger partial charge in [-0.25, -0.2) is 0 Å². The minimum atomic E-state index is 0.483. The average Bonchev–Trinajstić information content (AvgIpc) is 2.14. The van der Waals surface area contributed by atoms with E-state index < -0.39 is 0 Å². The highest BCUT2D eigenvalue weighted by molar-refractivity contribution is 9.09. The van der Waals surface area contributed by atoms with Crippen LogP contribution in [0.1, 0.15) is 27.9 Å². The quantitative estimate of drug-likeness (QED) is 0.613. The Morgan fingerprint density at radius 2 is 2.21 bits per heavy atom. The van der Waals surface area contributed by atoms with Gasteiger partial charge in [0, 0.05) is 14.7 Å². The maximum absolute atomic E-state index is 6.19. The van der Waals surface area contributed by atoms with Gasteiger partial charge in [-0.05, 0) is 48.8 Å². The second-order valence-electron chi connectivity index (χ2n) is 3.65. The number of aryl methyl sites for hydroxylation is 1. The highest BCUT2D eigenvalue weighted by atomic mass is 79.9. The lowest BCUT2D eigenvalue weighted by atomic mass is 10.0. The molecule has 1 aliphatic heterocycles. The molecule has 0 amide bonds. The molecule has 76 valence electrons. The Hall–Kier alpha value is 0.340. The first kappa shape index (κ1) is 10.8. The first-order valence-corrected chi connectivity index (χ1v) is 6.95. The number of alkyl halides is 1. The zero-order valence-electron chi connectivity index (χ0n) is 8.23. The van der Waals surface area contributed by atoms with Crippen LogP contribution in [0, 0.1) is 13.8 Å². The van der Waals surface area contributed by atoms with Crippen molar-refractivity contribution in [2.75, 3.05) is 5.75 Å². The minimum Gasteiger partial charge on any atom is -0.125 e. The monoisotopic (exact) mass is 290 g/mol. The van der Waals surface area contributed by atoms with Crippen LogP contribution in [-0.2, 0) is 0 Å². The maximum Gasteiger partial charge on any atom is 0.0441 e. The Morgan fingerprint density at radius 3 is 2.93 bits per heavy atom. The maximum atomic E-state index is 6.19. The molecule has 0 spiro atoms. The molecular formula is C11H12BrClS. The van der Waals surface area contributed by atoms with E-state index in [0.29, 0.717) is 4.83 Å². The molecule has 1 aliphatic rings. The van der Waals surface area contributed by atoms with Gasteiger partial charge in [-0.1, -0.05) is 27.5 Å². The molecule has 0 aliphatic carbocycles. The van der Waals surface area contributed by atoms with Crippen molar-refractivity contribution in [3.8, 4) is 0 Å². The van der Waals surface area contributed by atoms with Crippen LogP contribution in [-0.4, -0.2) is 5.75 Å². The predicted octanol–water partition coefficient (Wildman–Crippen LogP) is 4.89. The van der Waals surface area contributed by atoms with Crippen molar-refractivity contribution in [1.82, 2.24) is 0 Å². The van der Waals surface area contributed by atoms with Gasteiger partial charge >= 0.3 is 0 Å². The molecule has 2 rings (SSSR count). The van der Waals surface area contributed by atoms with Crippen molar-refractivity contribution in [3.05, 3.63) is 27.8 Å². The first-order valence-electron chi connectivity index (χ1n) is 4.67. The Morgan fingerprint density at radius 1 is 1.50 bits per heavy atom. The second-order valence-corrected chi connectivity index (χ2v) is 6.27. The largest absolute Gasteiger partial charge is 0.125 e. The molecule has 0 aromatic heterocycles. The fourth-order valence-corrected chi connectivity index (χ4v) is 4.67. The summed E-state index contributed by atoms with van der Waals surface area (Å²) in [5.41, 5.74) is 3.96. The number of hydrogen-bond acceptors (Lipinski definition) is 1. The van der Waals surface area contributed by atoms with Gasteiger partial charge in [-0.15, -0.1) is 11.8 Å². The molecule has 3 heteroatoms. The summed E-state index contributed by atoms with van der Waals surface area (Å²) >= 11 is 11.9. The van der Waals surface area contributed by atoms with Crippen LogP contribution < -0.4 is 0 Å². The van der Waals surface area contributed by atoms with E-state index in [1.165, 1.54) is 33.8 Å². The standard InChI is InChI=1S/C11H12BrClS/c1-6-5-9(13)7(2)10-8(12)3-4-14-11(6)10/h5,8H,3-4H2,1-2H3. The third-order valence-corrected chi connectivity index (χ3v) is 5.22. The highest BCUT2D eigenvalue weighted by Crippen LogP contribution is 2.45. The van der Waals surface area contributed by atoms with Crippen molar-refractivity contribution < 1.29 is 0 Å². The molecule has 0 saturated carbocycles. The van der Waals surface area contributed by atoms with E-state index in [9.17, 15) is 0 Å². The summed E-state index contributed by atoms with van der Waals surface area (Å²) < 4.78 is 0. The number of hydrogen-bond donors (Lipinski definition) is 0. The lowest BCUT2D eigenvalue weighted by Crippen LogP contribution is -2.06. The molecule has 0 saturated heterocycles. The van der Waals surface area contributed by atoms with Crippen LogP contribution in [0.4, 0.5) is 0 Å². The van der Waals surface area contributed by atoms with Crippen molar-refractivity contribution in [1.29, 1.82) is 0 Å². The van der Waals surface area contributed by atoms with Gasteiger partial charge in [-0.2, -0.15) is 0 Å². The first-order chi connectivity index (χ1) is 6.61. The molecular weight excluding hydrogens is 280 g/mol. The highest BCUT2D eigenvalue weighted by Gasteiger charge is 2.23. The van der Waals surface area contributed by atoms with Crippen molar-refractivity contribution >= 4 is 39.3 Å². The molecule has 14 heavy (non-hydrogen) atoms. The van der Waals surface area contributed by atoms with Gasteiger partial charge in [0.15, 0.2) is 0 Å². The summed E-state index contributed by atoms with van der Waals surface area (Å²) in [6.45, 7) is 4.25. The van der Waals surface area contributed by atoms with E-state index in [4.69, 9.17) is 11.6 Å². The van der Waals surface area contributed by atoms with Crippen molar-refractivity contribution in [3.63, 3.8) is 0 Å². The van der Waals surface area contributed by atoms with Crippen LogP contribution in [0.2, 0.25) is 5.02 Å². The molecule has 1 aromatic rings. The number of thioether (sulfide) groups is 1. The topological polar surface area (TPSA) is 0 Å². The van der Waals surface area contributed by atoms with Crippen LogP contribution in [0.3, 0.4) is 0 Å². The van der Waals surface area contributed by atoms with Crippen LogP contribution in [0.5, 0.6) is 0 Å². The molecule has 0 nitrogen and oxygen atoms in total. The number of benzene rings is 1. The third-order valence-electron chi connectivity index (χ3n) is 2.64. The molecule has 1 unspecified atom stereocenters. The zero-order valence-corrected chi connectivity index (χ0v) is 11.4. The molecule has 0 N–H and O–H groups in total. The average molecular weight is 292 g/mol. The van der Waals surface area contributed by atoms with E-state index in [-0.39, 0.29) is 0 Å². The Labute approximate surface area is 103 Å². The molecule has 1 atom stereocenters. The van der Waals surface area contributed by atoms with Gasteiger partial charge in [0.2, 0.25) is 0 Å². The Kier molecular flexibility index (Phi) is 3.15. The summed E-state index contributed by atoms with van der Waals surface area (Å²) in [6.07, 6.45) is 1.19. The van der Waals surface area contributed by atoms with Gasteiger partial charge in [0.1, 0.15) is 0 Å². The van der Waals surface area contributed by atoms with E-state index in [2.05, 4.69) is 35.8 Å². The molecule has 0 fully saturated rings. The second kappa shape index (κ2) is 4.07. The van der Waals surface area contributed by atoms with Crippen LogP contribution >= 0.6 is 39.3 Å². The van der Waals surface area contributed by atoms with Crippen LogP contribution in [0.25, 0.3) is 0 Å². The fourth-order valence-electron chi connectivity index (χ4n) is 1.85. The summed E-state index contributed by atoms with van der Waals surface area (Å²) in [6, 6.07) is 2.08. The summed E-state index contributed by atoms with van der Waals surface area (Å²) in [4.78, 5) is 1.91. The van der Waals surface area contributed by atoms with Gasteiger partial charge in [-0.3, -0.25) is 0 Å². The minimum absolute atomic E-state index is 0.483. The van der Waals surface area contributed by atoms with Crippen molar-refractivity contribution in [2.24, 2.45) is 0 Å². The summed E-state index contributed by atoms with van der Waals surface area (Å²) in [5, 5.41) is 0.896. The number of fused-ring (bicyclic) bond motifs is 1. The van der Waals surface area contributed by atoms with Crippen LogP contribution in [0.15, 0.2) is 11.0 Å². The normalized spacial score (nSPS) is 20.7. The summed E-state index contributed by atoms with van der Waals surface area (Å²) in [5.74, 6) is 1.20. The summed E-state index contributed by atoms with van der Waals surface area (Å²) in [7, 11) is 0. The van der Waals surface area contributed by atoms with Gasteiger partial charge < -0.3 is 0 Å². The van der Waals surface area contributed by atoms with Gasteiger partial charge in [0.25, 0.3) is 0 Å².